The molecule has 3 nitrogen and oxygen atoms in total. The smallest absolute Gasteiger partial charge is 0.431 e. The molecule has 0 fully saturated rings. The fourth-order valence-electron chi connectivity index (χ4n) is 1.22. The first kappa shape index (κ1) is 15.7. The largest absolute Gasteiger partial charge is 0.573 e. The molecule has 106 valence electrons. The number of hydrogen-bond acceptors (Lipinski definition) is 3. The number of ketones is 1. The Morgan fingerprint density at radius 3 is 2.42 bits per heavy atom. The Labute approximate surface area is 112 Å². The van der Waals surface area contributed by atoms with Crippen LogP contribution in [0.2, 0.25) is 0 Å². The molecule has 0 bridgehead atoms. The van der Waals surface area contributed by atoms with Gasteiger partial charge in [-0.3, -0.25) is 4.79 Å². The summed E-state index contributed by atoms with van der Waals surface area (Å²) in [5.74, 6) is -2.71. The monoisotopic (exact) mass is 348 g/mol. The van der Waals surface area contributed by atoms with Gasteiger partial charge in [0.15, 0.2) is 17.3 Å². The highest BCUT2D eigenvalue weighted by molar-refractivity contribution is 9.09. The van der Waals surface area contributed by atoms with Crippen LogP contribution in [-0.4, -0.2) is 24.1 Å². The number of rotatable bonds is 5. The van der Waals surface area contributed by atoms with Crippen molar-refractivity contribution in [1.29, 1.82) is 0 Å². The third kappa shape index (κ3) is 4.66. The zero-order chi connectivity index (χ0) is 14.6. The summed E-state index contributed by atoms with van der Waals surface area (Å²) >= 11 is 2.77. The second kappa shape index (κ2) is 6.18. The normalized spacial score (nSPS) is 11.5. The van der Waals surface area contributed by atoms with Crippen LogP contribution in [0, 0.1) is 0 Å². The van der Waals surface area contributed by atoms with E-state index >= 15 is 0 Å². The summed E-state index contributed by atoms with van der Waals surface area (Å²) < 4.78 is 68.3. The Bertz CT molecular complexity index is 461. The number of halogens is 6. The lowest BCUT2D eigenvalue weighted by Gasteiger charge is -2.16. The lowest BCUT2D eigenvalue weighted by Crippen LogP contribution is -2.20. The molecular formula is C10H6BrF5O3. The molecule has 1 aromatic rings. The van der Waals surface area contributed by atoms with Crippen LogP contribution in [0.15, 0.2) is 18.2 Å². The van der Waals surface area contributed by atoms with Gasteiger partial charge in [0, 0.05) is 0 Å². The highest BCUT2D eigenvalue weighted by Gasteiger charge is 2.35. The van der Waals surface area contributed by atoms with E-state index in [4.69, 9.17) is 0 Å². The lowest BCUT2D eigenvalue weighted by molar-refractivity contribution is -0.275. The van der Waals surface area contributed by atoms with E-state index < -0.39 is 35.8 Å². The van der Waals surface area contributed by atoms with E-state index in [1.54, 1.807) is 0 Å². The van der Waals surface area contributed by atoms with Gasteiger partial charge < -0.3 is 9.47 Å². The number of alkyl halides is 6. The molecule has 0 aliphatic carbocycles. The number of carbonyl (C=O) groups excluding carboxylic acids is 1. The van der Waals surface area contributed by atoms with Crippen molar-refractivity contribution in [3.63, 3.8) is 0 Å². The molecule has 19 heavy (non-hydrogen) atoms. The molecule has 1 rings (SSSR count). The number of carbonyl (C=O) groups is 1. The molecule has 0 aliphatic heterocycles. The Morgan fingerprint density at radius 2 is 1.95 bits per heavy atom. The van der Waals surface area contributed by atoms with E-state index in [2.05, 4.69) is 25.4 Å². The molecule has 0 saturated heterocycles. The van der Waals surface area contributed by atoms with Gasteiger partial charge in [-0.2, -0.15) is 8.78 Å². The second-order valence-electron chi connectivity index (χ2n) is 3.12. The van der Waals surface area contributed by atoms with Gasteiger partial charge in [0.1, 0.15) is 0 Å². The van der Waals surface area contributed by atoms with E-state index in [0.717, 1.165) is 18.2 Å². The summed E-state index contributed by atoms with van der Waals surface area (Å²) in [5.41, 5.74) is -0.507. The average molecular weight is 349 g/mol. The van der Waals surface area contributed by atoms with E-state index in [1.165, 1.54) is 0 Å². The zero-order valence-electron chi connectivity index (χ0n) is 9.01. The third-order valence-corrected chi connectivity index (χ3v) is 2.34. The van der Waals surface area contributed by atoms with Gasteiger partial charge in [0.05, 0.1) is 10.9 Å². The van der Waals surface area contributed by atoms with E-state index in [1.807, 2.05) is 0 Å². The summed E-state index contributed by atoms with van der Waals surface area (Å²) in [6.45, 7) is -3.34. The number of Topliss-reactive ketones (excluding diaryl/α,β-unsaturated/α-hetero) is 1. The molecule has 0 N–H and O–H groups in total. The van der Waals surface area contributed by atoms with E-state index in [-0.39, 0.29) is 5.33 Å². The maximum absolute atomic E-state index is 12.2. The highest BCUT2D eigenvalue weighted by atomic mass is 79.9. The Kier molecular flexibility index (Phi) is 5.10. The fraction of sp³-hybridized carbons (Fsp3) is 0.300. The zero-order valence-corrected chi connectivity index (χ0v) is 10.6. The lowest BCUT2D eigenvalue weighted by atomic mass is 10.1. The van der Waals surface area contributed by atoms with Crippen molar-refractivity contribution < 1.29 is 36.2 Å². The van der Waals surface area contributed by atoms with Gasteiger partial charge in [-0.25, -0.2) is 0 Å². The Hall–Kier alpha value is -1.38. The maximum atomic E-state index is 12.2. The highest BCUT2D eigenvalue weighted by Crippen LogP contribution is 2.36. The number of benzene rings is 1. The van der Waals surface area contributed by atoms with Crippen LogP contribution < -0.4 is 9.47 Å². The fourth-order valence-corrected chi connectivity index (χ4v) is 1.52. The van der Waals surface area contributed by atoms with Crippen LogP contribution in [0.3, 0.4) is 0 Å². The van der Waals surface area contributed by atoms with Gasteiger partial charge >= 0.3 is 13.0 Å². The molecule has 0 aromatic heterocycles. The molecule has 0 spiro atoms. The first-order chi connectivity index (χ1) is 8.74. The van der Waals surface area contributed by atoms with Crippen LogP contribution in [0.25, 0.3) is 0 Å². The van der Waals surface area contributed by atoms with Gasteiger partial charge in [0.25, 0.3) is 0 Å². The molecule has 0 unspecified atom stereocenters. The molecular weight excluding hydrogens is 343 g/mol. The van der Waals surface area contributed by atoms with Crippen LogP contribution in [-0.2, 0) is 0 Å². The molecule has 0 atom stereocenters. The van der Waals surface area contributed by atoms with E-state index in [0.29, 0.717) is 0 Å². The molecule has 0 amide bonds. The minimum atomic E-state index is -5.14. The van der Waals surface area contributed by atoms with Gasteiger partial charge in [-0.1, -0.05) is 22.0 Å². The minimum Gasteiger partial charge on any atom is -0.431 e. The first-order valence-electron chi connectivity index (χ1n) is 4.67. The maximum Gasteiger partial charge on any atom is 0.573 e. The van der Waals surface area contributed by atoms with Crippen molar-refractivity contribution in [2.24, 2.45) is 0 Å². The minimum absolute atomic E-state index is 0.292. The topological polar surface area (TPSA) is 35.5 Å². The Balaban J connectivity index is 3.27. The summed E-state index contributed by atoms with van der Waals surface area (Å²) in [5, 5.41) is -0.292. The molecule has 0 heterocycles. The summed E-state index contributed by atoms with van der Waals surface area (Å²) in [6.07, 6.45) is -5.14. The first-order valence-corrected chi connectivity index (χ1v) is 5.79. The van der Waals surface area contributed by atoms with Gasteiger partial charge in [-0.05, 0) is 12.1 Å². The van der Waals surface area contributed by atoms with Gasteiger partial charge in [0.2, 0.25) is 0 Å². The van der Waals surface area contributed by atoms with Crippen molar-refractivity contribution in [1.82, 2.24) is 0 Å². The molecule has 0 radical (unpaired) electrons. The number of para-hydroxylation sites is 1. The average Bonchev–Trinajstić information content (AvgIpc) is 2.28. The van der Waals surface area contributed by atoms with Crippen molar-refractivity contribution >= 4 is 21.7 Å². The number of ether oxygens (including phenoxy) is 2. The van der Waals surface area contributed by atoms with Crippen LogP contribution >= 0.6 is 15.9 Å². The Morgan fingerprint density at radius 1 is 1.32 bits per heavy atom. The summed E-state index contributed by atoms with van der Waals surface area (Å²) in [7, 11) is 0. The quantitative estimate of drug-likeness (QED) is 0.461. The van der Waals surface area contributed by atoms with Crippen LogP contribution in [0.4, 0.5) is 22.0 Å². The summed E-state index contributed by atoms with van der Waals surface area (Å²) in [4.78, 5) is 11.4. The molecule has 0 aliphatic rings. The second-order valence-corrected chi connectivity index (χ2v) is 3.68. The predicted molar refractivity (Wildman–Crippen MR) is 57.9 cm³/mol. The van der Waals surface area contributed by atoms with Crippen molar-refractivity contribution in [2.45, 2.75) is 13.0 Å². The van der Waals surface area contributed by atoms with Crippen LogP contribution in [0.1, 0.15) is 10.4 Å². The standard InChI is InChI=1S/C10H6BrF5O3/c11-4-6(17)5-2-1-3-7(18-9(12)13)8(5)19-10(14,15)16/h1-3,9H,4H2. The molecule has 9 heteroatoms. The molecule has 1 aromatic carbocycles. The van der Waals surface area contributed by atoms with Gasteiger partial charge in [-0.15, -0.1) is 13.2 Å². The van der Waals surface area contributed by atoms with Crippen molar-refractivity contribution in [2.75, 3.05) is 5.33 Å². The summed E-state index contributed by atoms with van der Waals surface area (Å²) in [6, 6.07) is 2.97. The molecule has 0 saturated carbocycles. The van der Waals surface area contributed by atoms with E-state index in [9.17, 15) is 26.7 Å². The SMILES string of the molecule is O=C(CBr)c1cccc(OC(F)F)c1OC(F)(F)F. The van der Waals surface area contributed by atoms with Crippen LogP contribution in [0.5, 0.6) is 11.5 Å². The predicted octanol–water partition coefficient (Wildman–Crippen LogP) is 3.76. The van der Waals surface area contributed by atoms with Crippen molar-refractivity contribution in [3.8, 4) is 11.5 Å². The van der Waals surface area contributed by atoms with Crippen molar-refractivity contribution in [3.05, 3.63) is 23.8 Å². The third-order valence-electron chi connectivity index (χ3n) is 1.83. The number of hydrogen-bond donors (Lipinski definition) is 0.